The summed E-state index contributed by atoms with van der Waals surface area (Å²) in [6.07, 6.45) is 2.15. The van der Waals surface area contributed by atoms with Gasteiger partial charge in [-0.15, -0.1) is 10.2 Å². The molecule has 0 bridgehead atoms. The van der Waals surface area contributed by atoms with Crippen LogP contribution in [0, 0.1) is 5.82 Å². The third kappa shape index (κ3) is 3.87. The van der Waals surface area contributed by atoms with E-state index in [0.717, 1.165) is 29.6 Å². The highest BCUT2D eigenvalue weighted by molar-refractivity contribution is 7.99. The minimum absolute atomic E-state index is 0.276. The molecule has 0 fully saturated rings. The van der Waals surface area contributed by atoms with Crippen LogP contribution in [0.4, 0.5) is 4.39 Å². The molecular weight excluding hydrogens is 387 g/mol. The van der Waals surface area contributed by atoms with Crippen LogP contribution in [-0.2, 0) is 13.1 Å². The summed E-state index contributed by atoms with van der Waals surface area (Å²) in [7, 11) is 0. The van der Waals surface area contributed by atoms with E-state index in [1.807, 2.05) is 6.07 Å². The lowest BCUT2D eigenvalue weighted by molar-refractivity contribution is 0.325. The van der Waals surface area contributed by atoms with Crippen LogP contribution in [0.3, 0.4) is 0 Å². The lowest BCUT2D eigenvalue weighted by Crippen LogP contribution is -2.04. The number of aryl methyl sites for hydroxylation is 1. The second-order valence-electron chi connectivity index (χ2n) is 6.52. The molecule has 2 aromatic carbocycles. The number of hydrogen-bond donors (Lipinski definition) is 0. The van der Waals surface area contributed by atoms with E-state index in [1.165, 1.54) is 17.0 Å². The highest BCUT2D eigenvalue weighted by atomic mass is 32.2. The van der Waals surface area contributed by atoms with Crippen molar-refractivity contribution in [2.75, 3.05) is 12.4 Å². The van der Waals surface area contributed by atoms with Crippen molar-refractivity contribution in [1.29, 1.82) is 0 Å². The summed E-state index contributed by atoms with van der Waals surface area (Å²) in [4.78, 5) is 0. The SMILES string of the molecule is CCn1c(SCCOc2ccccc2F)nnc1-c1cn(CC)c2ccccc12. The number of hydrogen-bond acceptors (Lipinski definition) is 4. The molecule has 0 amide bonds. The molecule has 2 heterocycles. The first-order valence-electron chi connectivity index (χ1n) is 9.74. The van der Waals surface area contributed by atoms with Gasteiger partial charge in [-0.05, 0) is 32.0 Å². The monoisotopic (exact) mass is 410 g/mol. The van der Waals surface area contributed by atoms with Crippen LogP contribution in [0.15, 0.2) is 59.9 Å². The Morgan fingerprint density at radius 3 is 2.59 bits per heavy atom. The first kappa shape index (κ1) is 19.5. The van der Waals surface area contributed by atoms with E-state index in [9.17, 15) is 4.39 Å². The molecule has 4 rings (SSSR count). The highest BCUT2D eigenvalue weighted by Crippen LogP contribution is 2.31. The third-order valence-corrected chi connectivity index (χ3v) is 5.74. The van der Waals surface area contributed by atoms with Gasteiger partial charge in [0, 0.05) is 41.5 Å². The van der Waals surface area contributed by atoms with E-state index in [-0.39, 0.29) is 11.6 Å². The number of para-hydroxylation sites is 2. The Bertz CT molecular complexity index is 1120. The fourth-order valence-electron chi connectivity index (χ4n) is 3.41. The molecule has 0 N–H and O–H groups in total. The van der Waals surface area contributed by atoms with Crippen molar-refractivity contribution in [3.05, 3.63) is 60.5 Å². The van der Waals surface area contributed by atoms with Crippen molar-refractivity contribution >= 4 is 22.7 Å². The van der Waals surface area contributed by atoms with Crippen LogP contribution in [-0.4, -0.2) is 31.7 Å². The topological polar surface area (TPSA) is 44.9 Å². The molecule has 0 unspecified atom stereocenters. The van der Waals surface area contributed by atoms with Crippen LogP contribution in [0.5, 0.6) is 5.75 Å². The Morgan fingerprint density at radius 1 is 1.00 bits per heavy atom. The predicted octanol–water partition coefficient (Wildman–Crippen LogP) is 5.25. The van der Waals surface area contributed by atoms with Gasteiger partial charge in [-0.1, -0.05) is 42.1 Å². The zero-order chi connectivity index (χ0) is 20.2. The first-order chi connectivity index (χ1) is 14.2. The molecule has 0 radical (unpaired) electrons. The molecule has 2 aromatic heterocycles. The lowest BCUT2D eigenvalue weighted by atomic mass is 10.1. The molecule has 0 aliphatic heterocycles. The van der Waals surface area contributed by atoms with E-state index < -0.39 is 0 Å². The number of fused-ring (bicyclic) bond motifs is 1. The summed E-state index contributed by atoms with van der Waals surface area (Å²) >= 11 is 1.57. The first-order valence-corrected chi connectivity index (χ1v) is 10.7. The third-order valence-electron chi connectivity index (χ3n) is 4.81. The van der Waals surface area contributed by atoms with Gasteiger partial charge in [0.15, 0.2) is 22.5 Å². The number of ether oxygens (including phenoxy) is 1. The summed E-state index contributed by atoms with van der Waals surface area (Å²) < 4.78 is 23.5. The minimum atomic E-state index is -0.344. The number of thioether (sulfide) groups is 1. The quantitative estimate of drug-likeness (QED) is 0.294. The Kier molecular flexibility index (Phi) is 5.85. The van der Waals surface area contributed by atoms with Crippen LogP contribution in [0.2, 0.25) is 0 Å². The zero-order valence-electron chi connectivity index (χ0n) is 16.5. The number of benzene rings is 2. The highest BCUT2D eigenvalue weighted by Gasteiger charge is 2.18. The molecule has 7 heteroatoms. The summed E-state index contributed by atoms with van der Waals surface area (Å²) in [5, 5.41) is 10.9. The molecule has 0 aliphatic carbocycles. The summed E-state index contributed by atoms with van der Waals surface area (Å²) in [6.45, 7) is 6.29. The van der Waals surface area contributed by atoms with Crippen LogP contribution in [0.1, 0.15) is 13.8 Å². The maximum absolute atomic E-state index is 13.6. The molecule has 4 aromatic rings. The average Bonchev–Trinajstić information content (AvgIpc) is 3.33. The Morgan fingerprint density at radius 2 is 1.79 bits per heavy atom. The molecule has 0 saturated carbocycles. The van der Waals surface area contributed by atoms with Crippen LogP contribution >= 0.6 is 11.8 Å². The largest absolute Gasteiger partial charge is 0.490 e. The minimum Gasteiger partial charge on any atom is -0.490 e. The van der Waals surface area contributed by atoms with Gasteiger partial charge in [-0.25, -0.2) is 4.39 Å². The fraction of sp³-hybridized carbons (Fsp3) is 0.273. The number of nitrogens with zero attached hydrogens (tertiary/aromatic N) is 4. The summed E-state index contributed by atoms with van der Waals surface area (Å²) in [5.41, 5.74) is 2.29. The second-order valence-corrected chi connectivity index (χ2v) is 7.59. The fourth-order valence-corrected chi connectivity index (χ4v) is 4.23. The van der Waals surface area contributed by atoms with Crippen molar-refractivity contribution in [2.45, 2.75) is 32.1 Å². The van der Waals surface area contributed by atoms with Gasteiger partial charge < -0.3 is 13.9 Å². The van der Waals surface area contributed by atoms with Gasteiger partial charge in [0.05, 0.1) is 6.61 Å². The van der Waals surface area contributed by atoms with Gasteiger partial charge in [-0.2, -0.15) is 0 Å². The lowest BCUT2D eigenvalue weighted by Gasteiger charge is -2.08. The van der Waals surface area contributed by atoms with Gasteiger partial charge in [-0.3, -0.25) is 0 Å². The Labute approximate surface area is 173 Å². The average molecular weight is 411 g/mol. The number of aromatic nitrogens is 4. The van der Waals surface area contributed by atoms with Crippen molar-refractivity contribution in [2.24, 2.45) is 0 Å². The molecule has 0 spiro atoms. The summed E-state index contributed by atoms with van der Waals surface area (Å²) in [5.74, 6) is 1.46. The van der Waals surface area contributed by atoms with E-state index >= 15 is 0 Å². The molecular formula is C22H23FN4OS. The normalized spacial score (nSPS) is 11.3. The van der Waals surface area contributed by atoms with Crippen LogP contribution in [0.25, 0.3) is 22.3 Å². The second kappa shape index (κ2) is 8.69. The standard InChI is InChI=1S/C22H23FN4OS/c1-3-26-15-17(16-9-5-7-11-19(16)26)21-24-25-22(27(21)4-2)29-14-13-28-20-12-8-6-10-18(20)23/h5-12,15H,3-4,13-14H2,1-2H3. The van der Waals surface area contributed by atoms with E-state index in [2.05, 4.69) is 57.6 Å². The molecule has 0 atom stereocenters. The van der Waals surface area contributed by atoms with Crippen molar-refractivity contribution in [1.82, 2.24) is 19.3 Å². The maximum atomic E-state index is 13.6. The van der Waals surface area contributed by atoms with Gasteiger partial charge >= 0.3 is 0 Å². The van der Waals surface area contributed by atoms with Crippen molar-refractivity contribution in [3.63, 3.8) is 0 Å². The van der Waals surface area contributed by atoms with Gasteiger partial charge in [0.1, 0.15) is 0 Å². The molecule has 150 valence electrons. The molecule has 29 heavy (non-hydrogen) atoms. The molecule has 5 nitrogen and oxygen atoms in total. The van der Waals surface area contributed by atoms with Gasteiger partial charge in [0.2, 0.25) is 0 Å². The van der Waals surface area contributed by atoms with Gasteiger partial charge in [0.25, 0.3) is 0 Å². The summed E-state index contributed by atoms with van der Waals surface area (Å²) in [6, 6.07) is 14.8. The number of rotatable bonds is 8. The molecule has 0 aliphatic rings. The van der Waals surface area contributed by atoms with E-state index in [4.69, 9.17) is 4.74 Å². The zero-order valence-corrected chi connectivity index (χ0v) is 17.3. The van der Waals surface area contributed by atoms with Crippen molar-refractivity contribution < 1.29 is 9.13 Å². The van der Waals surface area contributed by atoms with Crippen molar-refractivity contribution in [3.8, 4) is 17.1 Å². The number of halogens is 1. The van der Waals surface area contributed by atoms with Crippen LogP contribution < -0.4 is 4.74 Å². The maximum Gasteiger partial charge on any atom is 0.191 e. The van der Waals surface area contributed by atoms with E-state index in [1.54, 1.807) is 30.0 Å². The smallest absolute Gasteiger partial charge is 0.191 e. The Balaban J connectivity index is 1.52. The predicted molar refractivity (Wildman–Crippen MR) is 115 cm³/mol. The Hall–Kier alpha value is -2.80. The van der Waals surface area contributed by atoms with E-state index in [0.29, 0.717) is 12.4 Å². The molecule has 0 saturated heterocycles.